The van der Waals surface area contributed by atoms with Gasteiger partial charge in [-0.05, 0) is 32.0 Å². The van der Waals surface area contributed by atoms with Crippen molar-refractivity contribution in [2.75, 3.05) is 19.6 Å². The number of amides is 1. The van der Waals surface area contributed by atoms with Crippen LogP contribution in [0.15, 0.2) is 24.3 Å². The van der Waals surface area contributed by atoms with Crippen LogP contribution in [0.1, 0.15) is 18.4 Å². The van der Waals surface area contributed by atoms with Gasteiger partial charge in [0.15, 0.2) is 0 Å². The largest absolute Gasteiger partial charge is 0.481 e. The van der Waals surface area contributed by atoms with Crippen LogP contribution < -0.4 is 5.32 Å². The molecule has 1 aromatic carbocycles. The lowest BCUT2D eigenvalue weighted by molar-refractivity contribution is -0.143. The standard InChI is InChI=1S/C15H19FN2O3/c16-13-4-2-1-3-12(13)9-17-14(19)10-18-7-5-11(6-8-18)15(20)21/h1-4,11H,5-10H2,(H,17,19)(H,20,21). The van der Waals surface area contributed by atoms with Crippen molar-refractivity contribution >= 4 is 11.9 Å². The minimum Gasteiger partial charge on any atom is -0.481 e. The highest BCUT2D eigenvalue weighted by Crippen LogP contribution is 2.16. The Bertz CT molecular complexity index is 513. The van der Waals surface area contributed by atoms with Crippen LogP contribution in [0.25, 0.3) is 0 Å². The number of benzene rings is 1. The van der Waals surface area contributed by atoms with Crippen LogP contribution in [0.3, 0.4) is 0 Å². The maximum Gasteiger partial charge on any atom is 0.306 e. The van der Waals surface area contributed by atoms with Gasteiger partial charge in [0.05, 0.1) is 12.5 Å². The molecule has 0 unspecified atom stereocenters. The van der Waals surface area contributed by atoms with Crippen molar-refractivity contribution in [3.05, 3.63) is 35.6 Å². The number of carboxylic acids is 1. The van der Waals surface area contributed by atoms with Gasteiger partial charge in [0, 0.05) is 12.1 Å². The summed E-state index contributed by atoms with van der Waals surface area (Å²) in [6.07, 6.45) is 1.13. The van der Waals surface area contributed by atoms with Crippen LogP contribution in [0.4, 0.5) is 4.39 Å². The van der Waals surface area contributed by atoms with E-state index in [-0.39, 0.29) is 30.7 Å². The first kappa shape index (κ1) is 15.4. The first-order chi connectivity index (χ1) is 10.1. The molecule has 114 valence electrons. The third-order valence-corrected chi connectivity index (χ3v) is 3.74. The number of likely N-dealkylation sites (tertiary alicyclic amines) is 1. The summed E-state index contributed by atoms with van der Waals surface area (Å²) in [7, 11) is 0. The van der Waals surface area contributed by atoms with E-state index in [2.05, 4.69) is 5.32 Å². The number of carbonyl (C=O) groups is 2. The zero-order chi connectivity index (χ0) is 15.2. The number of carbonyl (C=O) groups excluding carboxylic acids is 1. The Morgan fingerprint density at radius 3 is 2.57 bits per heavy atom. The molecule has 5 nitrogen and oxygen atoms in total. The molecule has 0 radical (unpaired) electrons. The van der Waals surface area contributed by atoms with Gasteiger partial charge in [0.25, 0.3) is 0 Å². The Morgan fingerprint density at radius 1 is 1.29 bits per heavy atom. The summed E-state index contributed by atoms with van der Waals surface area (Å²) in [6, 6.07) is 6.32. The minimum atomic E-state index is -0.765. The van der Waals surface area contributed by atoms with E-state index < -0.39 is 5.97 Å². The molecule has 1 heterocycles. The number of piperidine rings is 1. The second-order valence-corrected chi connectivity index (χ2v) is 5.26. The molecule has 6 heteroatoms. The monoisotopic (exact) mass is 294 g/mol. The molecule has 21 heavy (non-hydrogen) atoms. The molecular weight excluding hydrogens is 275 g/mol. The summed E-state index contributed by atoms with van der Waals surface area (Å²) in [5.74, 6) is -1.58. The number of rotatable bonds is 5. The van der Waals surface area contributed by atoms with Gasteiger partial charge in [-0.15, -0.1) is 0 Å². The van der Waals surface area contributed by atoms with Gasteiger partial charge in [-0.2, -0.15) is 0 Å². The molecule has 1 fully saturated rings. The van der Waals surface area contributed by atoms with E-state index in [4.69, 9.17) is 5.11 Å². The Hall–Kier alpha value is -1.95. The summed E-state index contributed by atoms with van der Waals surface area (Å²) in [6.45, 7) is 1.59. The lowest BCUT2D eigenvalue weighted by atomic mass is 9.97. The lowest BCUT2D eigenvalue weighted by Gasteiger charge is -2.29. The number of nitrogens with one attached hydrogen (secondary N) is 1. The fraction of sp³-hybridized carbons (Fsp3) is 0.467. The predicted molar refractivity (Wildman–Crippen MR) is 75.0 cm³/mol. The fourth-order valence-corrected chi connectivity index (χ4v) is 2.43. The van der Waals surface area contributed by atoms with Crippen molar-refractivity contribution in [3.63, 3.8) is 0 Å². The number of halogens is 1. The molecule has 0 atom stereocenters. The first-order valence-corrected chi connectivity index (χ1v) is 7.01. The van der Waals surface area contributed by atoms with Crippen molar-refractivity contribution in [3.8, 4) is 0 Å². The summed E-state index contributed by atoms with van der Waals surface area (Å²) in [5, 5.41) is 11.6. The molecule has 0 aromatic heterocycles. The minimum absolute atomic E-state index is 0.164. The maximum atomic E-state index is 13.4. The molecule has 1 saturated heterocycles. The van der Waals surface area contributed by atoms with Crippen molar-refractivity contribution in [1.29, 1.82) is 0 Å². The van der Waals surface area contributed by atoms with E-state index in [1.807, 2.05) is 4.90 Å². The smallest absolute Gasteiger partial charge is 0.306 e. The van der Waals surface area contributed by atoms with Crippen LogP contribution >= 0.6 is 0 Å². The Balaban J connectivity index is 1.73. The van der Waals surface area contributed by atoms with Crippen molar-refractivity contribution in [2.24, 2.45) is 5.92 Å². The zero-order valence-electron chi connectivity index (χ0n) is 11.7. The number of hydrogen-bond donors (Lipinski definition) is 2. The summed E-state index contributed by atoms with van der Waals surface area (Å²) in [5.41, 5.74) is 0.454. The van der Waals surface area contributed by atoms with Crippen LogP contribution in [0, 0.1) is 11.7 Å². The first-order valence-electron chi connectivity index (χ1n) is 7.01. The number of aliphatic carboxylic acids is 1. The summed E-state index contributed by atoms with van der Waals surface area (Å²) < 4.78 is 13.4. The normalized spacial score (nSPS) is 16.6. The molecule has 0 bridgehead atoms. The Kier molecular flexibility index (Phi) is 5.27. The van der Waals surface area contributed by atoms with Crippen LogP contribution in [-0.4, -0.2) is 41.5 Å². The SMILES string of the molecule is O=C(CN1CCC(C(=O)O)CC1)NCc1ccccc1F. The highest BCUT2D eigenvalue weighted by atomic mass is 19.1. The summed E-state index contributed by atoms with van der Waals surface area (Å²) >= 11 is 0. The third-order valence-electron chi connectivity index (χ3n) is 3.74. The van der Waals surface area contributed by atoms with Crippen LogP contribution in [0.5, 0.6) is 0 Å². The second kappa shape index (κ2) is 7.17. The average molecular weight is 294 g/mol. The molecule has 2 rings (SSSR count). The molecule has 2 N–H and O–H groups in total. The van der Waals surface area contributed by atoms with Crippen LogP contribution in [-0.2, 0) is 16.1 Å². The number of carboxylic acid groups (broad SMARTS) is 1. The van der Waals surface area contributed by atoms with Gasteiger partial charge in [-0.25, -0.2) is 4.39 Å². The molecule has 1 aliphatic rings. The molecule has 0 spiro atoms. The van der Waals surface area contributed by atoms with Crippen molar-refractivity contribution < 1.29 is 19.1 Å². The third kappa shape index (κ3) is 4.53. The van der Waals surface area contributed by atoms with E-state index >= 15 is 0 Å². The topological polar surface area (TPSA) is 69.6 Å². The molecule has 1 aromatic rings. The molecule has 1 aliphatic heterocycles. The molecule has 0 aliphatic carbocycles. The van der Waals surface area contributed by atoms with E-state index in [1.165, 1.54) is 6.07 Å². The highest BCUT2D eigenvalue weighted by Gasteiger charge is 2.25. The van der Waals surface area contributed by atoms with Gasteiger partial charge in [0.1, 0.15) is 5.82 Å². The number of nitrogens with zero attached hydrogens (tertiary/aromatic N) is 1. The Labute approximate surface area is 122 Å². The quantitative estimate of drug-likeness (QED) is 0.857. The van der Waals surface area contributed by atoms with Gasteiger partial charge in [-0.1, -0.05) is 18.2 Å². The van der Waals surface area contributed by atoms with Crippen molar-refractivity contribution in [2.45, 2.75) is 19.4 Å². The van der Waals surface area contributed by atoms with Gasteiger partial charge >= 0.3 is 5.97 Å². The Morgan fingerprint density at radius 2 is 1.95 bits per heavy atom. The van der Waals surface area contributed by atoms with Gasteiger partial charge < -0.3 is 10.4 Å². The zero-order valence-corrected chi connectivity index (χ0v) is 11.7. The maximum absolute atomic E-state index is 13.4. The molecule has 0 saturated carbocycles. The van der Waals surface area contributed by atoms with Crippen LogP contribution in [0.2, 0.25) is 0 Å². The van der Waals surface area contributed by atoms with E-state index in [9.17, 15) is 14.0 Å². The van der Waals surface area contributed by atoms with Gasteiger partial charge in [0.2, 0.25) is 5.91 Å². The average Bonchev–Trinajstić information content (AvgIpc) is 2.47. The second-order valence-electron chi connectivity index (χ2n) is 5.26. The fourth-order valence-electron chi connectivity index (χ4n) is 2.43. The van der Waals surface area contributed by atoms with E-state index in [1.54, 1.807) is 18.2 Å². The van der Waals surface area contributed by atoms with E-state index in [0.717, 1.165) is 0 Å². The lowest BCUT2D eigenvalue weighted by Crippen LogP contribution is -2.42. The molecular formula is C15H19FN2O3. The highest BCUT2D eigenvalue weighted by molar-refractivity contribution is 5.78. The van der Waals surface area contributed by atoms with Gasteiger partial charge in [-0.3, -0.25) is 14.5 Å². The number of hydrogen-bond acceptors (Lipinski definition) is 3. The van der Waals surface area contributed by atoms with E-state index in [0.29, 0.717) is 31.5 Å². The molecule has 1 amide bonds. The van der Waals surface area contributed by atoms with Crippen molar-refractivity contribution in [1.82, 2.24) is 10.2 Å². The summed E-state index contributed by atoms with van der Waals surface area (Å²) in [4.78, 5) is 24.6. The predicted octanol–water partition coefficient (Wildman–Crippen LogP) is 1.24.